The van der Waals surface area contributed by atoms with Crippen molar-refractivity contribution in [3.8, 4) is 0 Å². The molecule has 112 valence electrons. The molecule has 1 fully saturated rings. The zero-order valence-corrected chi connectivity index (χ0v) is 13.7. The van der Waals surface area contributed by atoms with Crippen LogP contribution in [0.5, 0.6) is 0 Å². The zero-order chi connectivity index (χ0) is 14.5. The van der Waals surface area contributed by atoms with Gasteiger partial charge in [0.05, 0.1) is 33.4 Å². The maximum absolute atomic E-state index is 6.37. The summed E-state index contributed by atoms with van der Waals surface area (Å²) in [7, 11) is 4.68. The smallest absolute Gasteiger partial charge is 0.102 e. The lowest BCUT2D eigenvalue weighted by Gasteiger charge is -2.49. The molecule has 0 spiro atoms. The third kappa shape index (κ3) is 2.37. The van der Waals surface area contributed by atoms with Gasteiger partial charge in [-0.15, -0.1) is 0 Å². The Morgan fingerprint density at radius 2 is 2.00 bits per heavy atom. The third-order valence-corrected chi connectivity index (χ3v) is 5.88. The molecule has 2 aliphatic heterocycles. The van der Waals surface area contributed by atoms with Crippen molar-refractivity contribution < 1.29 is 9.22 Å². The van der Waals surface area contributed by atoms with Crippen molar-refractivity contribution in [1.82, 2.24) is 0 Å². The summed E-state index contributed by atoms with van der Waals surface area (Å²) < 4.78 is 7.48. The first-order valence-corrected chi connectivity index (χ1v) is 8.20. The van der Waals surface area contributed by atoms with Gasteiger partial charge < -0.3 is 9.22 Å². The Morgan fingerprint density at radius 3 is 2.70 bits per heavy atom. The van der Waals surface area contributed by atoms with Crippen LogP contribution in [0.2, 0.25) is 0 Å². The Morgan fingerprint density at radius 1 is 1.25 bits per heavy atom. The number of allylic oxidation sites excluding steroid dienone is 1. The molecule has 20 heavy (non-hydrogen) atoms. The molecule has 2 heterocycles. The van der Waals surface area contributed by atoms with Crippen LogP contribution < -0.4 is 0 Å². The van der Waals surface area contributed by atoms with E-state index in [0.29, 0.717) is 23.9 Å². The van der Waals surface area contributed by atoms with Crippen molar-refractivity contribution in [1.29, 1.82) is 0 Å². The normalized spacial score (nSPS) is 43.8. The monoisotopic (exact) mass is 276 g/mol. The fraction of sp³-hybridized carbons (Fsp3) is 0.778. The minimum Gasteiger partial charge on any atom is -0.373 e. The van der Waals surface area contributed by atoms with E-state index in [-0.39, 0.29) is 0 Å². The average Bonchev–Trinajstić information content (AvgIpc) is 2.34. The van der Waals surface area contributed by atoms with Gasteiger partial charge in [-0.1, -0.05) is 31.6 Å². The van der Waals surface area contributed by atoms with E-state index >= 15 is 0 Å². The van der Waals surface area contributed by atoms with Gasteiger partial charge >= 0.3 is 0 Å². The van der Waals surface area contributed by atoms with Crippen LogP contribution in [-0.4, -0.2) is 44.4 Å². The van der Waals surface area contributed by atoms with E-state index < -0.39 is 0 Å². The highest BCUT2D eigenvalue weighted by molar-refractivity contribution is 5.24. The number of hydrogen-bond acceptors (Lipinski definition) is 1. The largest absolute Gasteiger partial charge is 0.373 e. The van der Waals surface area contributed by atoms with Crippen molar-refractivity contribution in [3.05, 3.63) is 23.3 Å². The number of ether oxygens (including phenoxy) is 1. The summed E-state index contributed by atoms with van der Waals surface area (Å²) in [5, 5.41) is 0. The molecular weight excluding hydrogens is 246 g/mol. The average molecular weight is 276 g/mol. The Hall–Kier alpha value is -0.600. The molecule has 0 amide bonds. The van der Waals surface area contributed by atoms with Crippen LogP contribution in [0.4, 0.5) is 0 Å². The third-order valence-electron chi connectivity index (χ3n) is 5.88. The summed E-state index contributed by atoms with van der Waals surface area (Å²) >= 11 is 0. The van der Waals surface area contributed by atoms with Gasteiger partial charge in [-0.2, -0.15) is 0 Å². The minimum absolute atomic E-state index is 0.336. The van der Waals surface area contributed by atoms with Crippen LogP contribution in [0.25, 0.3) is 0 Å². The van der Waals surface area contributed by atoms with Crippen molar-refractivity contribution in [2.45, 2.75) is 33.3 Å². The molecule has 0 N–H and O–H groups in total. The summed E-state index contributed by atoms with van der Waals surface area (Å²) in [5.41, 5.74) is 3.11. The van der Waals surface area contributed by atoms with Crippen LogP contribution in [0.15, 0.2) is 23.3 Å². The van der Waals surface area contributed by atoms with Crippen LogP contribution in [0.3, 0.4) is 0 Å². The molecule has 1 saturated heterocycles. The molecule has 1 aliphatic carbocycles. The van der Waals surface area contributed by atoms with Crippen LogP contribution in [0.1, 0.15) is 27.2 Å². The number of fused-ring (bicyclic) bond motifs is 2. The Bertz CT molecular complexity index is 448. The van der Waals surface area contributed by atoms with Gasteiger partial charge in [0.2, 0.25) is 0 Å². The lowest BCUT2D eigenvalue weighted by Crippen LogP contribution is -2.51. The number of nitrogens with zero attached hydrogens (tertiary/aromatic N) is 1. The lowest BCUT2D eigenvalue weighted by atomic mass is 9.64. The van der Waals surface area contributed by atoms with E-state index in [9.17, 15) is 0 Å². The second kappa shape index (κ2) is 4.99. The summed E-state index contributed by atoms with van der Waals surface area (Å²) in [6.07, 6.45) is 6.51. The van der Waals surface area contributed by atoms with Gasteiger partial charge in [0.15, 0.2) is 0 Å². The maximum atomic E-state index is 6.37. The molecule has 2 nitrogen and oxygen atoms in total. The second-order valence-electron chi connectivity index (χ2n) is 7.96. The van der Waals surface area contributed by atoms with Crippen LogP contribution >= 0.6 is 0 Å². The highest BCUT2D eigenvalue weighted by Gasteiger charge is 2.45. The van der Waals surface area contributed by atoms with Gasteiger partial charge in [-0.05, 0) is 24.7 Å². The highest BCUT2D eigenvalue weighted by Crippen LogP contribution is 2.46. The van der Waals surface area contributed by atoms with E-state index in [4.69, 9.17) is 4.74 Å². The topological polar surface area (TPSA) is 9.23 Å². The van der Waals surface area contributed by atoms with E-state index in [1.54, 1.807) is 11.1 Å². The van der Waals surface area contributed by atoms with Crippen LogP contribution in [0, 0.1) is 23.7 Å². The molecule has 5 atom stereocenters. The minimum atomic E-state index is 0.336. The lowest BCUT2D eigenvalue weighted by molar-refractivity contribution is -0.887. The molecule has 2 bridgehead atoms. The SMILES string of the molecule is CC1=C[C@@H](C)[C@H]2CO[C@@H](C3=CCC[N+](C)(C)C3)[C@@H]1[C@@H]2C. The van der Waals surface area contributed by atoms with Gasteiger partial charge in [0.25, 0.3) is 0 Å². The molecule has 0 aromatic heterocycles. The molecule has 0 aromatic rings. The molecule has 0 unspecified atom stereocenters. The Balaban J connectivity index is 1.88. The van der Waals surface area contributed by atoms with E-state index in [1.807, 2.05) is 0 Å². The number of likely N-dealkylation sites (N-methyl/N-ethyl adjacent to an activating group) is 1. The number of hydrogen-bond donors (Lipinski definition) is 0. The van der Waals surface area contributed by atoms with E-state index in [1.165, 1.54) is 13.0 Å². The summed E-state index contributed by atoms with van der Waals surface area (Å²) in [4.78, 5) is 0. The van der Waals surface area contributed by atoms with Crippen molar-refractivity contribution >= 4 is 0 Å². The molecule has 3 rings (SSSR count). The predicted octanol–water partition coefficient (Wildman–Crippen LogP) is 3.26. The van der Waals surface area contributed by atoms with Gasteiger partial charge in [0.1, 0.15) is 6.54 Å². The maximum Gasteiger partial charge on any atom is 0.102 e. The van der Waals surface area contributed by atoms with Gasteiger partial charge in [-0.25, -0.2) is 0 Å². The van der Waals surface area contributed by atoms with Gasteiger partial charge in [0, 0.05) is 17.9 Å². The molecule has 0 aromatic carbocycles. The zero-order valence-electron chi connectivity index (χ0n) is 13.7. The van der Waals surface area contributed by atoms with Crippen molar-refractivity contribution in [2.24, 2.45) is 23.7 Å². The molecule has 0 radical (unpaired) electrons. The molecule has 3 aliphatic rings. The molecular formula is C18H30NO+. The molecule has 0 saturated carbocycles. The Kier molecular flexibility index (Phi) is 3.58. The highest BCUT2D eigenvalue weighted by atomic mass is 16.5. The van der Waals surface area contributed by atoms with E-state index in [0.717, 1.165) is 23.6 Å². The standard InChI is InChI=1S/C18H30NO/c1-12-9-13(2)17-14(3)16(12)11-20-18(17)15-7-6-8-19(4,5)10-15/h7,9,12,14,16-18H,6,8,10-11H2,1-5H3/q+1/t12-,14-,16-,17+,18+/m1/s1. The summed E-state index contributed by atoms with van der Waals surface area (Å²) in [6, 6.07) is 0. The summed E-state index contributed by atoms with van der Waals surface area (Å²) in [6.45, 7) is 10.5. The fourth-order valence-electron chi connectivity index (χ4n) is 4.73. The quantitative estimate of drug-likeness (QED) is 0.528. The van der Waals surface area contributed by atoms with Crippen LogP contribution in [-0.2, 0) is 4.74 Å². The van der Waals surface area contributed by atoms with E-state index in [2.05, 4.69) is 47.0 Å². The summed E-state index contributed by atoms with van der Waals surface area (Å²) in [5.74, 6) is 2.75. The number of rotatable bonds is 1. The van der Waals surface area contributed by atoms with Crippen molar-refractivity contribution in [3.63, 3.8) is 0 Å². The Labute approximate surface area is 124 Å². The number of quaternary nitrogens is 1. The molecule has 2 heteroatoms. The van der Waals surface area contributed by atoms with Crippen molar-refractivity contribution in [2.75, 3.05) is 33.8 Å². The predicted molar refractivity (Wildman–Crippen MR) is 83.3 cm³/mol. The van der Waals surface area contributed by atoms with Gasteiger partial charge in [-0.3, -0.25) is 0 Å². The first kappa shape index (κ1) is 14.3. The second-order valence-corrected chi connectivity index (χ2v) is 7.96. The fourth-order valence-corrected chi connectivity index (χ4v) is 4.73. The first-order valence-electron chi connectivity index (χ1n) is 8.20. The first-order chi connectivity index (χ1) is 9.39.